The fourth-order valence-corrected chi connectivity index (χ4v) is 2.36. The van der Waals surface area contributed by atoms with Crippen LogP contribution in [0.25, 0.3) is 6.08 Å². The summed E-state index contributed by atoms with van der Waals surface area (Å²) in [6.07, 6.45) is 7.61. The molecule has 0 fully saturated rings. The lowest BCUT2D eigenvalue weighted by atomic mass is 9.96. The Balaban J connectivity index is 2.28. The molecule has 0 bridgehead atoms. The maximum absolute atomic E-state index is 11.3. The second kappa shape index (κ2) is 6.37. The number of nitro groups is 1. The molecule has 0 unspecified atom stereocenters. The van der Waals surface area contributed by atoms with Crippen molar-refractivity contribution >= 4 is 11.8 Å². The smallest absolute Gasteiger partial charge is 0.272 e. The van der Waals surface area contributed by atoms with Crippen molar-refractivity contribution in [3.8, 4) is 0 Å². The van der Waals surface area contributed by atoms with E-state index in [2.05, 4.69) is 0 Å². The van der Waals surface area contributed by atoms with Crippen molar-refractivity contribution in [3.63, 3.8) is 0 Å². The second-order valence-electron chi connectivity index (χ2n) is 5.25. The van der Waals surface area contributed by atoms with E-state index in [1.54, 1.807) is 6.08 Å². The van der Waals surface area contributed by atoms with E-state index in [0.29, 0.717) is 0 Å². The Hall–Kier alpha value is -2.10. The van der Waals surface area contributed by atoms with Crippen LogP contribution < -0.4 is 4.90 Å². The quantitative estimate of drug-likeness (QED) is 0.617. The zero-order valence-electron chi connectivity index (χ0n) is 12.0. The summed E-state index contributed by atoms with van der Waals surface area (Å²) in [6, 6.07) is 7.78. The molecule has 0 saturated heterocycles. The van der Waals surface area contributed by atoms with Gasteiger partial charge in [0.05, 0.1) is 4.92 Å². The highest BCUT2D eigenvalue weighted by Gasteiger charge is 2.18. The van der Waals surface area contributed by atoms with Crippen molar-refractivity contribution < 1.29 is 4.92 Å². The average Bonchev–Trinajstić information content (AvgIpc) is 2.46. The van der Waals surface area contributed by atoms with E-state index in [-0.39, 0.29) is 10.6 Å². The van der Waals surface area contributed by atoms with Crippen molar-refractivity contribution in [2.45, 2.75) is 25.7 Å². The molecule has 2 rings (SSSR count). The van der Waals surface area contributed by atoms with Gasteiger partial charge in [-0.1, -0.05) is 18.2 Å². The maximum Gasteiger partial charge on any atom is 0.272 e. The van der Waals surface area contributed by atoms with Gasteiger partial charge in [-0.25, -0.2) is 0 Å². The van der Waals surface area contributed by atoms with Crippen LogP contribution in [0.3, 0.4) is 0 Å². The summed E-state index contributed by atoms with van der Waals surface area (Å²) in [5.41, 5.74) is 3.07. The highest BCUT2D eigenvalue weighted by atomic mass is 16.6. The minimum atomic E-state index is -0.267. The normalized spacial score (nSPS) is 15.7. The number of hydrogen-bond acceptors (Lipinski definition) is 3. The molecule has 0 aliphatic heterocycles. The molecule has 20 heavy (non-hydrogen) atoms. The van der Waals surface area contributed by atoms with Crippen molar-refractivity contribution in [2.24, 2.45) is 0 Å². The third kappa shape index (κ3) is 3.47. The van der Waals surface area contributed by atoms with Gasteiger partial charge in [-0.05, 0) is 43.4 Å². The zero-order valence-corrected chi connectivity index (χ0v) is 12.0. The van der Waals surface area contributed by atoms with Gasteiger partial charge >= 0.3 is 0 Å². The van der Waals surface area contributed by atoms with E-state index in [4.69, 9.17) is 0 Å². The minimum absolute atomic E-state index is 0.238. The molecule has 0 N–H and O–H groups in total. The van der Waals surface area contributed by atoms with Crippen LogP contribution in [0.15, 0.2) is 41.6 Å². The molecule has 0 heterocycles. The van der Waals surface area contributed by atoms with Crippen LogP contribution in [0.2, 0.25) is 0 Å². The summed E-state index contributed by atoms with van der Waals surface area (Å²) in [6.45, 7) is 0. The molecule has 0 atom stereocenters. The lowest BCUT2D eigenvalue weighted by Gasteiger charge is -2.12. The lowest BCUT2D eigenvalue weighted by molar-refractivity contribution is -0.419. The Morgan fingerprint density at radius 1 is 1.25 bits per heavy atom. The van der Waals surface area contributed by atoms with Crippen LogP contribution in [-0.2, 0) is 0 Å². The van der Waals surface area contributed by atoms with E-state index in [0.717, 1.165) is 42.5 Å². The van der Waals surface area contributed by atoms with Gasteiger partial charge in [0.1, 0.15) is 0 Å². The van der Waals surface area contributed by atoms with Gasteiger partial charge in [0, 0.05) is 31.4 Å². The number of anilines is 1. The molecule has 1 aliphatic carbocycles. The topological polar surface area (TPSA) is 46.4 Å². The number of allylic oxidation sites excluding steroid dienone is 2. The molecule has 4 nitrogen and oxygen atoms in total. The Morgan fingerprint density at radius 3 is 2.45 bits per heavy atom. The maximum atomic E-state index is 11.3. The minimum Gasteiger partial charge on any atom is -0.378 e. The van der Waals surface area contributed by atoms with Crippen molar-refractivity contribution in [3.05, 3.63) is 57.3 Å². The van der Waals surface area contributed by atoms with Gasteiger partial charge in [-0.15, -0.1) is 0 Å². The summed E-state index contributed by atoms with van der Waals surface area (Å²) in [4.78, 5) is 13.0. The monoisotopic (exact) mass is 272 g/mol. The third-order valence-corrected chi connectivity index (χ3v) is 3.53. The van der Waals surface area contributed by atoms with Gasteiger partial charge in [-0.2, -0.15) is 0 Å². The number of benzene rings is 1. The fourth-order valence-electron chi connectivity index (χ4n) is 2.36. The van der Waals surface area contributed by atoms with E-state index in [1.807, 2.05) is 49.3 Å². The summed E-state index contributed by atoms with van der Waals surface area (Å²) < 4.78 is 0. The van der Waals surface area contributed by atoms with E-state index < -0.39 is 0 Å². The molecule has 0 saturated carbocycles. The molecule has 0 spiro atoms. The molecule has 0 radical (unpaired) electrons. The molecule has 1 aromatic carbocycles. The summed E-state index contributed by atoms with van der Waals surface area (Å²) >= 11 is 0. The van der Waals surface area contributed by atoms with Crippen molar-refractivity contribution in [2.75, 3.05) is 19.0 Å². The first-order valence-corrected chi connectivity index (χ1v) is 6.91. The second-order valence-corrected chi connectivity index (χ2v) is 5.25. The Labute approximate surface area is 119 Å². The summed E-state index contributed by atoms with van der Waals surface area (Å²) in [5.74, 6) is 0. The SMILES string of the molecule is CN(C)c1ccc(/C=C(/C2=CCCCC2)[N+](=O)[O-])cc1. The molecule has 0 aromatic heterocycles. The molecule has 106 valence electrons. The number of hydrogen-bond donors (Lipinski definition) is 0. The van der Waals surface area contributed by atoms with E-state index in [9.17, 15) is 10.1 Å². The lowest BCUT2D eigenvalue weighted by Crippen LogP contribution is -2.08. The van der Waals surface area contributed by atoms with Crippen molar-refractivity contribution in [1.82, 2.24) is 0 Å². The van der Waals surface area contributed by atoms with Gasteiger partial charge in [-0.3, -0.25) is 10.1 Å². The standard InChI is InChI=1S/C16H20N2O2/c1-17(2)15-10-8-13(9-11-15)12-16(18(19)20)14-6-4-3-5-7-14/h6,8-12H,3-5,7H2,1-2H3/b16-12-. The molecule has 1 aromatic rings. The first-order chi connectivity index (χ1) is 9.58. The number of nitrogens with zero attached hydrogens (tertiary/aromatic N) is 2. The first kappa shape index (κ1) is 14.3. The molecule has 1 aliphatic rings. The number of rotatable bonds is 4. The van der Waals surface area contributed by atoms with Gasteiger partial charge in [0.2, 0.25) is 0 Å². The fraction of sp³-hybridized carbons (Fsp3) is 0.375. The zero-order chi connectivity index (χ0) is 14.5. The Kier molecular flexibility index (Phi) is 4.56. The van der Waals surface area contributed by atoms with Crippen LogP contribution in [0.4, 0.5) is 5.69 Å². The van der Waals surface area contributed by atoms with Crippen LogP contribution in [0.1, 0.15) is 31.2 Å². The molecular formula is C16H20N2O2. The van der Waals surface area contributed by atoms with Gasteiger partial charge < -0.3 is 4.90 Å². The highest BCUT2D eigenvalue weighted by Crippen LogP contribution is 2.26. The predicted octanol–water partition coefficient (Wildman–Crippen LogP) is 3.87. The predicted molar refractivity (Wildman–Crippen MR) is 82.3 cm³/mol. The van der Waals surface area contributed by atoms with Gasteiger partial charge in [0.25, 0.3) is 5.70 Å². The van der Waals surface area contributed by atoms with E-state index in [1.165, 1.54) is 0 Å². The average molecular weight is 272 g/mol. The summed E-state index contributed by atoms with van der Waals surface area (Å²) in [7, 11) is 3.94. The Morgan fingerprint density at radius 2 is 1.95 bits per heavy atom. The van der Waals surface area contributed by atoms with E-state index >= 15 is 0 Å². The largest absolute Gasteiger partial charge is 0.378 e. The third-order valence-electron chi connectivity index (χ3n) is 3.53. The molecule has 0 amide bonds. The molecular weight excluding hydrogens is 252 g/mol. The molecule has 4 heteroatoms. The summed E-state index contributed by atoms with van der Waals surface area (Å²) in [5, 5.41) is 11.3. The first-order valence-electron chi connectivity index (χ1n) is 6.91. The van der Waals surface area contributed by atoms with Crippen LogP contribution in [0.5, 0.6) is 0 Å². The van der Waals surface area contributed by atoms with Crippen LogP contribution >= 0.6 is 0 Å². The van der Waals surface area contributed by atoms with Gasteiger partial charge in [0.15, 0.2) is 0 Å². The highest BCUT2D eigenvalue weighted by molar-refractivity contribution is 5.59. The van der Waals surface area contributed by atoms with Crippen LogP contribution in [0, 0.1) is 10.1 Å². The Bertz CT molecular complexity index is 542. The van der Waals surface area contributed by atoms with Crippen molar-refractivity contribution in [1.29, 1.82) is 0 Å². The van der Waals surface area contributed by atoms with Crippen LogP contribution in [-0.4, -0.2) is 19.0 Å².